The number of hydrogen-bond acceptors (Lipinski definition) is 1. The van der Waals surface area contributed by atoms with E-state index in [-0.39, 0.29) is 0 Å². The first-order valence-corrected chi connectivity index (χ1v) is 3.98. The second kappa shape index (κ2) is 4.35. The van der Waals surface area contributed by atoms with E-state index in [2.05, 4.69) is 4.99 Å². The molecule has 1 aromatic rings. The first kappa shape index (κ1) is 9.38. The summed E-state index contributed by atoms with van der Waals surface area (Å²) in [6.45, 7) is 0. The summed E-state index contributed by atoms with van der Waals surface area (Å²) < 4.78 is 1.02. The fraction of sp³-hybridized carbons (Fsp3) is 0.222. The van der Waals surface area contributed by atoms with Gasteiger partial charge in [0.1, 0.15) is 0 Å². The first-order valence-electron chi connectivity index (χ1n) is 3.98. The summed E-state index contributed by atoms with van der Waals surface area (Å²) in [6.07, 6.45) is 0. The Bertz CT molecular complexity index is 267. The Morgan fingerprint density at radius 2 is 1.83 bits per heavy atom. The quantitative estimate of drug-likeness (QED) is 0.339. The van der Waals surface area contributed by atoms with Gasteiger partial charge in [-0.3, -0.25) is 0 Å². The molecule has 0 fully saturated rings. The molecule has 0 heterocycles. The van der Waals surface area contributed by atoms with Gasteiger partial charge in [-0.2, -0.15) is 0 Å². The van der Waals surface area contributed by atoms with E-state index in [0.717, 1.165) is 10.2 Å². The summed E-state index contributed by atoms with van der Waals surface area (Å²) in [4.78, 5) is 6.39. The van der Waals surface area contributed by atoms with Crippen LogP contribution in [-0.2, 0) is 0 Å². The standard InChI is InChI=1S/C9H11N2.Li/c1-11(2)8-10-9-6-4-3-5-7-9;/h3-7H,1-2H3;. The van der Waals surface area contributed by atoms with Crippen LogP contribution in [0.3, 0.4) is 0 Å². The molecule has 0 aliphatic heterocycles. The first-order chi connectivity index (χ1) is 5.70. The summed E-state index contributed by atoms with van der Waals surface area (Å²) in [6, 6.07) is 9.95. The van der Waals surface area contributed by atoms with Crippen molar-refractivity contribution in [2.75, 3.05) is 14.1 Å². The van der Waals surface area contributed by atoms with E-state index in [1.807, 2.05) is 67.0 Å². The third kappa shape index (κ3) is 2.73. The monoisotopic (exact) mass is 154 g/mol. The molecule has 0 N–H and O–H groups in total. The van der Waals surface area contributed by atoms with Crippen molar-refractivity contribution in [3.05, 3.63) is 30.3 Å². The van der Waals surface area contributed by atoms with Gasteiger partial charge in [0.2, 0.25) is 0 Å². The Kier molecular flexibility index (Phi) is 3.40. The minimum atomic E-state index is 1.00. The van der Waals surface area contributed by atoms with E-state index in [0.29, 0.717) is 0 Å². The van der Waals surface area contributed by atoms with Gasteiger partial charge in [0.25, 0.3) is 0 Å². The van der Waals surface area contributed by atoms with Gasteiger partial charge in [-0.15, -0.1) is 0 Å². The summed E-state index contributed by atoms with van der Waals surface area (Å²) in [5.41, 5.74) is 1.00. The Balaban J connectivity index is 2.81. The summed E-state index contributed by atoms with van der Waals surface area (Å²) in [5, 5.41) is 0. The average Bonchev–Trinajstić information content (AvgIpc) is 2.06. The van der Waals surface area contributed by atoms with E-state index in [1.54, 1.807) is 0 Å². The van der Waals surface area contributed by atoms with Gasteiger partial charge in [0, 0.05) is 0 Å². The van der Waals surface area contributed by atoms with Crippen LogP contribution in [0.25, 0.3) is 0 Å². The molecule has 12 heavy (non-hydrogen) atoms. The van der Waals surface area contributed by atoms with Crippen molar-refractivity contribution in [2.45, 2.75) is 0 Å². The summed E-state index contributed by atoms with van der Waals surface area (Å²) in [7, 11) is 3.98. The third-order valence-electron chi connectivity index (χ3n) is 1.69. The number of rotatable bonds is 1. The molecule has 58 valence electrons. The molecule has 0 amide bonds. The molecule has 0 radical (unpaired) electrons. The minimum absolute atomic E-state index is 1.00. The van der Waals surface area contributed by atoms with Gasteiger partial charge in [-0.25, -0.2) is 0 Å². The number of aliphatic imine (C=N–C) groups is 1. The van der Waals surface area contributed by atoms with Crippen molar-refractivity contribution in [1.82, 2.24) is 4.90 Å². The van der Waals surface area contributed by atoms with Crippen molar-refractivity contribution in [3.63, 3.8) is 0 Å². The van der Waals surface area contributed by atoms with Crippen molar-refractivity contribution < 1.29 is 0 Å². The molecule has 0 atom stereocenters. The number of amidine groups is 1. The van der Waals surface area contributed by atoms with E-state index in [1.165, 1.54) is 0 Å². The zero-order chi connectivity index (χ0) is 8.97. The Hall–Kier alpha value is -0.713. The molecule has 0 saturated carbocycles. The van der Waals surface area contributed by atoms with Crippen molar-refractivity contribution in [3.8, 4) is 0 Å². The Morgan fingerprint density at radius 3 is 2.33 bits per heavy atom. The fourth-order valence-electron chi connectivity index (χ4n) is 0.789. The van der Waals surface area contributed by atoms with Crippen LogP contribution in [0.4, 0.5) is 5.69 Å². The zero-order valence-corrected chi connectivity index (χ0v) is 7.78. The number of hydrogen-bond donors (Lipinski definition) is 0. The molecule has 0 saturated heterocycles. The fourth-order valence-corrected chi connectivity index (χ4v) is 0.789. The maximum atomic E-state index is 4.40. The van der Waals surface area contributed by atoms with Crippen LogP contribution in [0.1, 0.15) is 0 Å². The topological polar surface area (TPSA) is 15.6 Å². The number of nitrogens with zero attached hydrogens (tertiary/aromatic N) is 2. The van der Waals surface area contributed by atoms with Crippen LogP contribution >= 0.6 is 0 Å². The molecule has 0 spiro atoms. The van der Waals surface area contributed by atoms with Crippen LogP contribution in [0, 0.1) is 0 Å². The predicted octanol–water partition coefficient (Wildman–Crippen LogP) is 1.40. The molecule has 0 aliphatic rings. The van der Waals surface area contributed by atoms with Gasteiger partial charge < -0.3 is 0 Å². The van der Waals surface area contributed by atoms with Crippen molar-refractivity contribution in [1.29, 1.82) is 0 Å². The molecule has 0 aliphatic carbocycles. The van der Waals surface area contributed by atoms with Gasteiger partial charge in [-0.05, 0) is 0 Å². The SMILES string of the molecule is [Li][C](=Nc1ccccc1)N(C)C. The molecule has 0 bridgehead atoms. The molecule has 3 heteroatoms. The predicted molar refractivity (Wildman–Crippen MR) is 53.0 cm³/mol. The third-order valence-corrected chi connectivity index (χ3v) is 1.69. The molecule has 2 nitrogen and oxygen atoms in total. The van der Waals surface area contributed by atoms with E-state index < -0.39 is 0 Å². The second-order valence-corrected chi connectivity index (χ2v) is 2.89. The second-order valence-electron chi connectivity index (χ2n) is 2.89. The summed E-state index contributed by atoms with van der Waals surface area (Å²) >= 11 is 1.99. The molecular formula is C9H11LiN2. The van der Waals surface area contributed by atoms with Gasteiger partial charge in [0.15, 0.2) is 0 Å². The van der Waals surface area contributed by atoms with Gasteiger partial charge in [-0.1, -0.05) is 0 Å². The van der Waals surface area contributed by atoms with Crippen LogP contribution in [0.2, 0.25) is 0 Å². The van der Waals surface area contributed by atoms with Crippen molar-refractivity contribution >= 4 is 27.9 Å². The van der Waals surface area contributed by atoms with Gasteiger partial charge in [0.05, 0.1) is 0 Å². The zero-order valence-electron chi connectivity index (χ0n) is 7.78. The Morgan fingerprint density at radius 1 is 1.25 bits per heavy atom. The summed E-state index contributed by atoms with van der Waals surface area (Å²) in [5.74, 6) is 0. The van der Waals surface area contributed by atoms with Crippen LogP contribution < -0.4 is 0 Å². The van der Waals surface area contributed by atoms with Crippen molar-refractivity contribution in [2.24, 2.45) is 4.99 Å². The van der Waals surface area contributed by atoms with Crippen LogP contribution in [-0.4, -0.2) is 41.2 Å². The van der Waals surface area contributed by atoms with E-state index in [9.17, 15) is 0 Å². The van der Waals surface area contributed by atoms with Crippen LogP contribution in [0.5, 0.6) is 0 Å². The van der Waals surface area contributed by atoms with E-state index >= 15 is 0 Å². The van der Waals surface area contributed by atoms with Crippen LogP contribution in [0.15, 0.2) is 35.3 Å². The molecular weight excluding hydrogens is 143 g/mol. The number of para-hydroxylation sites is 1. The molecule has 1 rings (SSSR count). The van der Waals surface area contributed by atoms with Gasteiger partial charge >= 0.3 is 82.2 Å². The molecule has 0 aromatic heterocycles. The number of benzene rings is 1. The molecule has 1 aromatic carbocycles. The normalized spacial score (nSPS) is 11.5. The maximum absolute atomic E-state index is 4.40. The molecule has 0 unspecified atom stereocenters. The Labute approximate surface area is 82.5 Å². The van der Waals surface area contributed by atoms with E-state index in [4.69, 9.17) is 0 Å². The average molecular weight is 154 g/mol.